The Balaban J connectivity index is 1.59. The Bertz CT molecular complexity index is 1210. The normalized spacial score (nSPS) is 20.1. The van der Waals surface area contributed by atoms with E-state index in [0.29, 0.717) is 28.7 Å². The molecule has 0 saturated heterocycles. The molecule has 0 aliphatic carbocycles. The number of benzene rings is 1. The minimum Gasteiger partial charge on any atom is -0.493 e. The van der Waals surface area contributed by atoms with Gasteiger partial charge in [-0.25, -0.2) is 14.4 Å². The van der Waals surface area contributed by atoms with E-state index in [0.717, 1.165) is 0 Å². The molecule has 11 nitrogen and oxygen atoms in total. The van der Waals surface area contributed by atoms with Crippen LogP contribution in [0.25, 0.3) is 0 Å². The van der Waals surface area contributed by atoms with Gasteiger partial charge in [0.15, 0.2) is 40.2 Å². The summed E-state index contributed by atoms with van der Waals surface area (Å²) in [5.74, 6) is 1.62. The summed E-state index contributed by atoms with van der Waals surface area (Å²) in [4.78, 5) is 21.0. The fourth-order valence-corrected chi connectivity index (χ4v) is 3.54. The molecule has 35 heavy (non-hydrogen) atoms. The van der Waals surface area contributed by atoms with Gasteiger partial charge >= 0.3 is 0 Å². The number of carbonyl (C=O) groups excluding carboxylic acids is 1. The van der Waals surface area contributed by atoms with Crippen molar-refractivity contribution in [2.75, 3.05) is 37.3 Å². The molecule has 12 heteroatoms. The van der Waals surface area contributed by atoms with Crippen molar-refractivity contribution in [1.29, 1.82) is 0 Å². The number of amides is 1. The molecule has 1 unspecified atom stereocenters. The molecular formula is C23H27FN6O5. The number of anilines is 3. The predicted octanol–water partition coefficient (Wildman–Crippen LogP) is 3.23. The Morgan fingerprint density at radius 3 is 2.37 bits per heavy atom. The number of nitrogens with zero attached hydrogens (tertiary/aromatic N) is 2. The van der Waals surface area contributed by atoms with E-state index >= 15 is 0 Å². The highest BCUT2D eigenvalue weighted by Gasteiger charge is 2.37. The van der Waals surface area contributed by atoms with Crippen molar-refractivity contribution >= 4 is 29.2 Å². The van der Waals surface area contributed by atoms with Crippen LogP contribution in [0.1, 0.15) is 20.8 Å². The number of halogens is 1. The molecule has 0 spiro atoms. The number of nitrogens with one attached hydrogen (secondary N) is 4. The first kappa shape index (κ1) is 23.9. The molecule has 2 aliphatic rings. The van der Waals surface area contributed by atoms with E-state index in [2.05, 4.69) is 31.2 Å². The lowest BCUT2D eigenvalue weighted by molar-refractivity contribution is -0.129. The first-order valence-corrected chi connectivity index (χ1v) is 10.7. The molecule has 3 heterocycles. The third-order valence-electron chi connectivity index (χ3n) is 5.44. The zero-order chi connectivity index (χ0) is 25.4. The SMILES string of the molecule is COc1cc(NC2=NC(C)(Nc3ccc4c(n3)NC(=O)C(C)(C)O4)C(F)=CN2)cc(OC)c1OC. The predicted molar refractivity (Wildman–Crippen MR) is 129 cm³/mol. The molecule has 186 valence electrons. The van der Waals surface area contributed by atoms with E-state index in [9.17, 15) is 9.18 Å². The summed E-state index contributed by atoms with van der Waals surface area (Å²) in [5.41, 5.74) is -1.94. The molecule has 1 aromatic heterocycles. The number of hydrogen-bond donors (Lipinski definition) is 4. The summed E-state index contributed by atoms with van der Waals surface area (Å²) in [6.45, 7) is 4.87. The lowest BCUT2D eigenvalue weighted by Crippen LogP contribution is -2.46. The fraction of sp³-hybridized carbons (Fsp3) is 0.348. The van der Waals surface area contributed by atoms with Gasteiger partial charge in [-0.15, -0.1) is 0 Å². The van der Waals surface area contributed by atoms with Crippen LogP contribution in [-0.4, -0.2) is 49.4 Å². The van der Waals surface area contributed by atoms with Gasteiger partial charge in [-0.05, 0) is 32.9 Å². The number of aromatic nitrogens is 1. The zero-order valence-corrected chi connectivity index (χ0v) is 20.2. The Kier molecular flexibility index (Phi) is 6.05. The van der Waals surface area contributed by atoms with Crippen LogP contribution < -0.4 is 40.2 Å². The number of carbonyl (C=O) groups is 1. The number of rotatable bonds is 6. The molecule has 4 rings (SSSR count). The maximum absolute atomic E-state index is 14.9. The number of ether oxygens (including phenoxy) is 4. The number of hydrogen-bond acceptors (Lipinski definition) is 10. The van der Waals surface area contributed by atoms with Crippen molar-refractivity contribution in [2.24, 2.45) is 4.99 Å². The van der Waals surface area contributed by atoms with Gasteiger partial charge in [0.2, 0.25) is 11.7 Å². The smallest absolute Gasteiger partial charge is 0.269 e. The topological polar surface area (TPSA) is 127 Å². The second-order valence-corrected chi connectivity index (χ2v) is 8.44. The number of pyridine rings is 1. The Hall–Kier alpha value is -4.22. The maximum atomic E-state index is 14.9. The molecule has 2 aliphatic heterocycles. The van der Waals surface area contributed by atoms with E-state index in [1.165, 1.54) is 27.5 Å². The molecule has 0 fully saturated rings. The number of methoxy groups -OCH3 is 3. The van der Waals surface area contributed by atoms with Gasteiger partial charge in [0.25, 0.3) is 5.91 Å². The van der Waals surface area contributed by atoms with Gasteiger partial charge < -0.3 is 40.2 Å². The van der Waals surface area contributed by atoms with Crippen molar-refractivity contribution in [3.05, 3.63) is 36.3 Å². The van der Waals surface area contributed by atoms with Crippen LogP contribution in [0.5, 0.6) is 23.0 Å². The van der Waals surface area contributed by atoms with Crippen LogP contribution in [0.15, 0.2) is 41.3 Å². The third kappa shape index (κ3) is 4.59. The molecule has 2 aromatic rings. The van der Waals surface area contributed by atoms with Crippen molar-refractivity contribution in [3.63, 3.8) is 0 Å². The van der Waals surface area contributed by atoms with Gasteiger partial charge in [0.1, 0.15) is 5.82 Å². The quantitative estimate of drug-likeness (QED) is 0.487. The fourth-order valence-electron chi connectivity index (χ4n) is 3.54. The molecule has 0 bridgehead atoms. The zero-order valence-electron chi connectivity index (χ0n) is 20.2. The third-order valence-corrected chi connectivity index (χ3v) is 5.44. The summed E-state index contributed by atoms with van der Waals surface area (Å²) in [5, 5.41) is 11.5. The molecule has 0 radical (unpaired) electrons. The Morgan fingerprint density at radius 1 is 1.06 bits per heavy atom. The van der Waals surface area contributed by atoms with Crippen LogP contribution in [0, 0.1) is 0 Å². The highest BCUT2D eigenvalue weighted by Crippen LogP contribution is 2.40. The largest absolute Gasteiger partial charge is 0.493 e. The van der Waals surface area contributed by atoms with Crippen LogP contribution >= 0.6 is 0 Å². The summed E-state index contributed by atoms with van der Waals surface area (Å²) in [6.07, 6.45) is 1.19. The summed E-state index contributed by atoms with van der Waals surface area (Å²) in [6, 6.07) is 6.66. The lowest BCUT2D eigenvalue weighted by atomic mass is 10.1. The average Bonchev–Trinajstić information content (AvgIpc) is 2.81. The minimum atomic E-state index is -1.49. The molecule has 1 atom stereocenters. The summed E-state index contributed by atoms with van der Waals surface area (Å²) in [7, 11) is 4.53. The standard InChI is InChI=1S/C23H27FN6O5/c1-22(2)20(31)28-19-13(35-22)7-8-17(27-19)29-23(3)16(24)11-25-21(30-23)26-12-9-14(32-4)18(34-6)15(10-12)33-5/h7-11H,1-6H3,(H2,25,26,30)(H2,27,28,29,31). The van der Waals surface area contributed by atoms with Gasteiger partial charge in [0, 0.05) is 24.0 Å². The minimum absolute atomic E-state index is 0.237. The summed E-state index contributed by atoms with van der Waals surface area (Å²) >= 11 is 0. The van der Waals surface area contributed by atoms with Crippen molar-refractivity contribution in [3.8, 4) is 23.0 Å². The van der Waals surface area contributed by atoms with E-state index in [1.54, 1.807) is 45.0 Å². The van der Waals surface area contributed by atoms with Crippen molar-refractivity contribution in [2.45, 2.75) is 32.0 Å². The highest BCUT2D eigenvalue weighted by atomic mass is 19.1. The highest BCUT2D eigenvalue weighted by molar-refractivity contribution is 5.99. The molecule has 1 amide bonds. The molecule has 4 N–H and O–H groups in total. The van der Waals surface area contributed by atoms with Crippen LogP contribution in [0.4, 0.5) is 21.7 Å². The van der Waals surface area contributed by atoms with Gasteiger partial charge in [0.05, 0.1) is 21.3 Å². The molecule has 1 aromatic carbocycles. The first-order chi connectivity index (χ1) is 16.6. The molecular weight excluding hydrogens is 459 g/mol. The Morgan fingerprint density at radius 2 is 1.74 bits per heavy atom. The van der Waals surface area contributed by atoms with E-state index in [1.807, 2.05) is 0 Å². The Labute approximate surface area is 201 Å². The molecule has 0 saturated carbocycles. The van der Waals surface area contributed by atoms with Gasteiger partial charge in [-0.1, -0.05) is 0 Å². The second-order valence-electron chi connectivity index (χ2n) is 8.44. The second kappa shape index (κ2) is 8.85. The number of fused-ring (bicyclic) bond motifs is 1. The first-order valence-electron chi connectivity index (χ1n) is 10.7. The van der Waals surface area contributed by atoms with Crippen molar-refractivity contribution in [1.82, 2.24) is 10.3 Å². The lowest BCUT2D eigenvalue weighted by Gasteiger charge is -2.32. The van der Waals surface area contributed by atoms with E-state index in [-0.39, 0.29) is 23.5 Å². The van der Waals surface area contributed by atoms with Gasteiger partial charge in [-0.3, -0.25) is 4.79 Å². The van der Waals surface area contributed by atoms with Gasteiger partial charge in [-0.2, -0.15) is 0 Å². The summed E-state index contributed by atoms with van der Waals surface area (Å²) < 4.78 is 36.7. The average molecular weight is 487 g/mol. The van der Waals surface area contributed by atoms with E-state index in [4.69, 9.17) is 18.9 Å². The maximum Gasteiger partial charge on any atom is 0.269 e. The van der Waals surface area contributed by atoms with Crippen molar-refractivity contribution < 1.29 is 28.1 Å². The number of aliphatic imine (C=N–C) groups is 1. The van der Waals surface area contributed by atoms with Crippen LogP contribution in [0.3, 0.4) is 0 Å². The van der Waals surface area contributed by atoms with Crippen LogP contribution in [-0.2, 0) is 4.79 Å². The van der Waals surface area contributed by atoms with E-state index < -0.39 is 17.1 Å². The monoisotopic (exact) mass is 486 g/mol. The van der Waals surface area contributed by atoms with Crippen LogP contribution in [0.2, 0.25) is 0 Å². The number of guanidine groups is 1.